The second kappa shape index (κ2) is 8.44. The molecule has 0 aromatic heterocycles. The van der Waals surface area contributed by atoms with Crippen LogP contribution in [0.15, 0.2) is 42.5 Å². The molecule has 0 radical (unpaired) electrons. The zero-order chi connectivity index (χ0) is 19.4. The number of benzene rings is 2. The van der Waals surface area contributed by atoms with Crippen molar-refractivity contribution in [3.05, 3.63) is 64.2 Å². The lowest BCUT2D eigenvalue weighted by Gasteiger charge is -2.36. The number of aryl methyl sites for hydroxylation is 2. The molecule has 1 fully saturated rings. The van der Waals surface area contributed by atoms with E-state index in [0.29, 0.717) is 23.7 Å². The molecule has 0 atom stereocenters. The van der Waals surface area contributed by atoms with Crippen LogP contribution in [0.4, 0.5) is 5.69 Å². The minimum atomic E-state index is -0.465. The van der Waals surface area contributed by atoms with Gasteiger partial charge in [-0.1, -0.05) is 34.9 Å². The fourth-order valence-corrected chi connectivity index (χ4v) is 3.47. The third kappa shape index (κ3) is 5.01. The number of piperazine rings is 1. The van der Waals surface area contributed by atoms with Crippen LogP contribution in [0.1, 0.15) is 21.5 Å². The Morgan fingerprint density at radius 1 is 1.00 bits per heavy atom. The number of nitrogens with zero attached hydrogens (tertiary/aromatic N) is 2. The first-order valence-electron chi connectivity index (χ1n) is 8.96. The van der Waals surface area contributed by atoms with Gasteiger partial charge in [-0.15, -0.1) is 0 Å². The fourth-order valence-electron chi connectivity index (χ4n) is 3.28. The smallest absolute Gasteiger partial charge is 0.338 e. The molecule has 0 N–H and O–H groups in total. The van der Waals surface area contributed by atoms with E-state index in [1.165, 1.54) is 0 Å². The Hall–Kier alpha value is -2.53. The van der Waals surface area contributed by atoms with Crippen LogP contribution < -0.4 is 4.90 Å². The highest BCUT2D eigenvalue weighted by Gasteiger charge is 2.22. The predicted molar refractivity (Wildman–Crippen MR) is 106 cm³/mol. The van der Waals surface area contributed by atoms with Crippen LogP contribution in [-0.2, 0) is 9.53 Å². The summed E-state index contributed by atoms with van der Waals surface area (Å²) in [5.74, 6) is -0.633. The number of halogens is 1. The molecule has 1 saturated heterocycles. The molecule has 0 spiro atoms. The number of rotatable bonds is 4. The van der Waals surface area contributed by atoms with Gasteiger partial charge in [0.1, 0.15) is 0 Å². The highest BCUT2D eigenvalue weighted by molar-refractivity contribution is 6.30. The number of amides is 1. The van der Waals surface area contributed by atoms with Gasteiger partial charge in [-0.25, -0.2) is 4.79 Å². The zero-order valence-corrected chi connectivity index (χ0v) is 16.3. The summed E-state index contributed by atoms with van der Waals surface area (Å²) in [7, 11) is 0. The average Bonchev–Trinajstić information content (AvgIpc) is 2.65. The van der Waals surface area contributed by atoms with Crippen molar-refractivity contribution < 1.29 is 14.3 Å². The maximum absolute atomic E-state index is 12.4. The summed E-state index contributed by atoms with van der Waals surface area (Å²) in [5.41, 5.74) is 3.51. The quantitative estimate of drug-likeness (QED) is 0.755. The highest BCUT2D eigenvalue weighted by Crippen LogP contribution is 2.20. The molecule has 6 heteroatoms. The molecule has 5 nitrogen and oxygen atoms in total. The number of hydrogen-bond donors (Lipinski definition) is 0. The van der Waals surface area contributed by atoms with Gasteiger partial charge in [0.2, 0.25) is 0 Å². The average molecular weight is 387 g/mol. The van der Waals surface area contributed by atoms with Crippen molar-refractivity contribution in [2.45, 2.75) is 13.8 Å². The van der Waals surface area contributed by atoms with Crippen LogP contribution in [0.25, 0.3) is 0 Å². The van der Waals surface area contributed by atoms with Crippen molar-refractivity contribution in [3.8, 4) is 0 Å². The van der Waals surface area contributed by atoms with E-state index in [1.807, 2.05) is 44.2 Å². The van der Waals surface area contributed by atoms with Gasteiger partial charge in [0.15, 0.2) is 6.61 Å². The van der Waals surface area contributed by atoms with Gasteiger partial charge in [-0.3, -0.25) is 4.79 Å². The summed E-state index contributed by atoms with van der Waals surface area (Å²) in [6, 6.07) is 13.2. The molecule has 1 heterocycles. The largest absolute Gasteiger partial charge is 0.452 e. The third-order valence-corrected chi connectivity index (χ3v) is 4.82. The number of hydrogen-bond acceptors (Lipinski definition) is 4. The molecule has 3 rings (SSSR count). The van der Waals surface area contributed by atoms with E-state index < -0.39 is 5.97 Å². The molecule has 1 amide bonds. The van der Waals surface area contributed by atoms with Crippen molar-refractivity contribution in [2.75, 3.05) is 37.7 Å². The standard InChI is InChI=1S/C21H23ClN2O3/c1-15-10-16(2)12-17(11-15)21(26)27-14-20(25)24-8-6-23(7-9-24)19-5-3-4-18(22)13-19/h3-5,10-13H,6-9,14H2,1-2H3. The Morgan fingerprint density at radius 3 is 2.30 bits per heavy atom. The minimum Gasteiger partial charge on any atom is -0.452 e. The predicted octanol–water partition coefficient (Wildman–Crippen LogP) is 3.46. The summed E-state index contributed by atoms with van der Waals surface area (Å²) in [6.07, 6.45) is 0. The van der Waals surface area contributed by atoms with E-state index in [-0.39, 0.29) is 12.5 Å². The Morgan fingerprint density at radius 2 is 1.67 bits per heavy atom. The molecule has 0 bridgehead atoms. The molecule has 142 valence electrons. The van der Waals surface area contributed by atoms with Crippen molar-refractivity contribution in [1.29, 1.82) is 0 Å². The van der Waals surface area contributed by atoms with Gasteiger partial charge >= 0.3 is 5.97 Å². The van der Waals surface area contributed by atoms with E-state index >= 15 is 0 Å². The van der Waals surface area contributed by atoms with Crippen LogP contribution in [0, 0.1) is 13.8 Å². The van der Waals surface area contributed by atoms with Gasteiger partial charge in [-0.2, -0.15) is 0 Å². The van der Waals surface area contributed by atoms with E-state index in [1.54, 1.807) is 17.0 Å². The van der Waals surface area contributed by atoms with E-state index in [9.17, 15) is 9.59 Å². The topological polar surface area (TPSA) is 49.9 Å². The Labute approximate surface area is 164 Å². The maximum atomic E-state index is 12.4. The van der Waals surface area contributed by atoms with Gasteiger partial charge in [-0.05, 0) is 44.2 Å². The first-order chi connectivity index (χ1) is 12.9. The number of carbonyl (C=O) groups excluding carboxylic acids is 2. The molecule has 1 aliphatic rings. The van der Waals surface area contributed by atoms with E-state index in [2.05, 4.69) is 4.90 Å². The lowest BCUT2D eigenvalue weighted by atomic mass is 10.1. The normalized spacial score (nSPS) is 14.2. The van der Waals surface area contributed by atoms with E-state index in [0.717, 1.165) is 29.9 Å². The van der Waals surface area contributed by atoms with Gasteiger partial charge in [0, 0.05) is 36.9 Å². The summed E-state index contributed by atoms with van der Waals surface area (Å²) < 4.78 is 5.22. The first kappa shape index (κ1) is 19.2. The molecule has 2 aromatic carbocycles. The Bertz CT molecular complexity index is 825. The zero-order valence-electron chi connectivity index (χ0n) is 15.6. The second-order valence-electron chi connectivity index (χ2n) is 6.80. The maximum Gasteiger partial charge on any atom is 0.338 e. The lowest BCUT2D eigenvalue weighted by molar-refractivity contribution is -0.134. The van der Waals surface area contributed by atoms with Gasteiger partial charge in [0.05, 0.1) is 5.56 Å². The first-order valence-corrected chi connectivity index (χ1v) is 9.34. The summed E-state index contributed by atoms with van der Waals surface area (Å²) in [5, 5.41) is 0.698. The molecule has 0 saturated carbocycles. The minimum absolute atomic E-state index is 0.168. The number of esters is 1. The van der Waals surface area contributed by atoms with Crippen molar-refractivity contribution in [2.24, 2.45) is 0 Å². The Balaban J connectivity index is 1.50. The van der Waals surface area contributed by atoms with Crippen LogP contribution >= 0.6 is 11.6 Å². The number of anilines is 1. The number of ether oxygens (including phenoxy) is 1. The van der Waals surface area contributed by atoms with Crippen LogP contribution in [-0.4, -0.2) is 49.6 Å². The summed E-state index contributed by atoms with van der Waals surface area (Å²) in [4.78, 5) is 28.5. The SMILES string of the molecule is Cc1cc(C)cc(C(=O)OCC(=O)N2CCN(c3cccc(Cl)c3)CC2)c1. The van der Waals surface area contributed by atoms with Crippen LogP contribution in [0.3, 0.4) is 0 Å². The number of carbonyl (C=O) groups is 2. The lowest BCUT2D eigenvalue weighted by Crippen LogP contribution is -2.49. The van der Waals surface area contributed by atoms with Gasteiger partial charge in [0.25, 0.3) is 5.91 Å². The second-order valence-corrected chi connectivity index (χ2v) is 7.24. The molecular formula is C21H23ClN2O3. The van der Waals surface area contributed by atoms with Crippen molar-refractivity contribution in [1.82, 2.24) is 4.90 Å². The molecule has 0 unspecified atom stereocenters. The molecule has 1 aliphatic heterocycles. The third-order valence-electron chi connectivity index (χ3n) is 4.59. The molecule has 2 aromatic rings. The van der Waals surface area contributed by atoms with Crippen LogP contribution in [0.5, 0.6) is 0 Å². The molecule has 0 aliphatic carbocycles. The fraction of sp³-hybridized carbons (Fsp3) is 0.333. The van der Waals surface area contributed by atoms with Crippen molar-refractivity contribution in [3.63, 3.8) is 0 Å². The van der Waals surface area contributed by atoms with Crippen LogP contribution in [0.2, 0.25) is 5.02 Å². The molecular weight excluding hydrogens is 364 g/mol. The van der Waals surface area contributed by atoms with E-state index in [4.69, 9.17) is 16.3 Å². The monoisotopic (exact) mass is 386 g/mol. The van der Waals surface area contributed by atoms with Crippen molar-refractivity contribution >= 4 is 29.2 Å². The Kier molecular flexibility index (Phi) is 6.01. The highest BCUT2D eigenvalue weighted by atomic mass is 35.5. The van der Waals surface area contributed by atoms with Gasteiger partial charge < -0.3 is 14.5 Å². The molecule has 27 heavy (non-hydrogen) atoms. The summed E-state index contributed by atoms with van der Waals surface area (Å²) >= 11 is 6.04. The summed E-state index contributed by atoms with van der Waals surface area (Å²) in [6.45, 7) is 6.23.